The van der Waals surface area contributed by atoms with Gasteiger partial charge in [-0.25, -0.2) is 0 Å². The minimum Gasteiger partial charge on any atom is -0.373 e. The summed E-state index contributed by atoms with van der Waals surface area (Å²) in [5, 5.41) is 3.53. The Morgan fingerprint density at radius 3 is 2.75 bits per heavy atom. The molecule has 0 aliphatic carbocycles. The lowest BCUT2D eigenvalue weighted by Crippen LogP contribution is -2.53. The maximum Gasteiger partial charge on any atom is 0.0753 e. The molecule has 0 radical (unpaired) electrons. The number of ether oxygens (including phenoxy) is 1. The van der Waals surface area contributed by atoms with Crippen LogP contribution in [-0.4, -0.2) is 49.8 Å². The molecule has 1 unspecified atom stereocenters. The Kier molecular flexibility index (Phi) is 3.57. The Morgan fingerprint density at radius 2 is 2.12 bits per heavy atom. The maximum absolute atomic E-state index is 5.76. The Hall–Kier alpha value is -0.120. The lowest BCUT2D eigenvalue weighted by atomic mass is 9.82. The van der Waals surface area contributed by atoms with E-state index in [1.807, 2.05) is 0 Å². The van der Waals surface area contributed by atoms with Crippen molar-refractivity contribution in [2.75, 3.05) is 39.3 Å². The standard InChI is InChI=1S/C13H26N2O/c1-12(2)10-15(7-8-16-12)11-13(3)5-4-6-14-9-13/h14H,4-11H2,1-3H3. The van der Waals surface area contributed by atoms with E-state index in [0.717, 1.165) is 19.7 Å². The minimum atomic E-state index is 0.0384. The van der Waals surface area contributed by atoms with Gasteiger partial charge in [-0.2, -0.15) is 0 Å². The van der Waals surface area contributed by atoms with Crippen molar-refractivity contribution in [3.63, 3.8) is 0 Å². The van der Waals surface area contributed by atoms with Gasteiger partial charge in [0.1, 0.15) is 0 Å². The van der Waals surface area contributed by atoms with Crippen LogP contribution in [0, 0.1) is 5.41 Å². The molecule has 0 aromatic carbocycles. The van der Waals surface area contributed by atoms with Crippen LogP contribution in [0.2, 0.25) is 0 Å². The van der Waals surface area contributed by atoms with Crippen LogP contribution in [0.25, 0.3) is 0 Å². The molecule has 0 aromatic rings. The highest BCUT2D eigenvalue weighted by molar-refractivity contribution is 4.88. The SMILES string of the molecule is CC1(CN2CCOC(C)(C)C2)CCCNC1. The average molecular weight is 226 g/mol. The second kappa shape index (κ2) is 4.63. The summed E-state index contributed by atoms with van der Waals surface area (Å²) in [5.74, 6) is 0. The van der Waals surface area contributed by atoms with E-state index in [1.54, 1.807) is 0 Å². The third kappa shape index (κ3) is 3.19. The maximum atomic E-state index is 5.76. The predicted molar refractivity (Wildman–Crippen MR) is 66.7 cm³/mol. The van der Waals surface area contributed by atoms with Gasteiger partial charge < -0.3 is 10.1 Å². The van der Waals surface area contributed by atoms with E-state index in [2.05, 4.69) is 31.0 Å². The summed E-state index contributed by atoms with van der Waals surface area (Å²) < 4.78 is 5.76. The summed E-state index contributed by atoms with van der Waals surface area (Å²) in [7, 11) is 0. The molecular formula is C13H26N2O. The second-order valence-corrected chi connectivity index (χ2v) is 6.41. The van der Waals surface area contributed by atoms with E-state index in [-0.39, 0.29) is 5.60 Å². The number of morpholine rings is 1. The van der Waals surface area contributed by atoms with Crippen LogP contribution in [0.1, 0.15) is 33.6 Å². The fourth-order valence-electron chi connectivity index (χ4n) is 3.04. The number of hydrogen-bond acceptors (Lipinski definition) is 3. The number of nitrogens with one attached hydrogen (secondary N) is 1. The highest BCUT2D eigenvalue weighted by Crippen LogP contribution is 2.28. The van der Waals surface area contributed by atoms with Crippen LogP contribution in [0.3, 0.4) is 0 Å². The van der Waals surface area contributed by atoms with Crippen LogP contribution in [-0.2, 0) is 4.74 Å². The van der Waals surface area contributed by atoms with Crippen LogP contribution < -0.4 is 5.32 Å². The van der Waals surface area contributed by atoms with Gasteiger partial charge in [-0.3, -0.25) is 4.90 Å². The van der Waals surface area contributed by atoms with E-state index in [9.17, 15) is 0 Å². The van der Waals surface area contributed by atoms with Crippen molar-refractivity contribution < 1.29 is 4.74 Å². The fourth-order valence-corrected chi connectivity index (χ4v) is 3.04. The molecule has 2 rings (SSSR count). The topological polar surface area (TPSA) is 24.5 Å². The second-order valence-electron chi connectivity index (χ2n) is 6.41. The summed E-state index contributed by atoms with van der Waals surface area (Å²) in [4.78, 5) is 2.58. The molecule has 3 nitrogen and oxygen atoms in total. The minimum absolute atomic E-state index is 0.0384. The summed E-state index contributed by atoms with van der Waals surface area (Å²) >= 11 is 0. The smallest absolute Gasteiger partial charge is 0.0753 e. The van der Waals surface area contributed by atoms with Gasteiger partial charge in [0.2, 0.25) is 0 Å². The van der Waals surface area contributed by atoms with Crippen LogP contribution >= 0.6 is 0 Å². The number of nitrogens with zero attached hydrogens (tertiary/aromatic N) is 1. The lowest BCUT2D eigenvalue weighted by Gasteiger charge is -2.44. The van der Waals surface area contributed by atoms with Crippen molar-refractivity contribution in [3.8, 4) is 0 Å². The Labute approximate surface area is 99.5 Å². The molecule has 2 aliphatic heterocycles. The molecule has 0 amide bonds. The third-order valence-electron chi connectivity index (χ3n) is 3.80. The summed E-state index contributed by atoms with van der Waals surface area (Å²) in [6.45, 7) is 13.4. The first-order valence-corrected chi connectivity index (χ1v) is 6.56. The monoisotopic (exact) mass is 226 g/mol. The van der Waals surface area contributed by atoms with Crippen molar-refractivity contribution in [1.29, 1.82) is 0 Å². The fraction of sp³-hybridized carbons (Fsp3) is 1.00. The highest BCUT2D eigenvalue weighted by Gasteiger charge is 2.33. The first-order chi connectivity index (χ1) is 7.49. The highest BCUT2D eigenvalue weighted by atomic mass is 16.5. The first-order valence-electron chi connectivity index (χ1n) is 6.56. The van der Waals surface area contributed by atoms with Crippen molar-refractivity contribution in [3.05, 3.63) is 0 Å². The Morgan fingerprint density at radius 1 is 1.31 bits per heavy atom. The van der Waals surface area contributed by atoms with Gasteiger partial charge in [-0.05, 0) is 38.6 Å². The van der Waals surface area contributed by atoms with Crippen LogP contribution in [0.15, 0.2) is 0 Å². The summed E-state index contributed by atoms with van der Waals surface area (Å²) in [6.07, 6.45) is 2.68. The van der Waals surface area contributed by atoms with E-state index in [4.69, 9.17) is 4.74 Å². The van der Waals surface area contributed by atoms with Crippen molar-refractivity contribution >= 4 is 0 Å². The molecular weight excluding hydrogens is 200 g/mol. The van der Waals surface area contributed by atoms with Crippen LogP contribution in [0.5, 0.6) is 0 Å². The molecule has 2 aliphatic rings. The number of rotatable bonds is 2. The van der Waals surface area contributed by atoms with Gasteiger partial charge in [0.15, 0.2) is 0 Å². The molecule has 0 spiro atoms. The molecule has 2 heterocycles. The van der Waals surface area contributed by atoms with Gasteiger partial charge in [-0.1, -0.05) is 6.92 Å². The van der Waals surface area contributed by atoms with E-state index >= 15 is 0 Å². The molecule has 1 atom stereocenters. The molecule has 0 aromatic heterocycles. The zero-order chi connectivity index (χ0) is 11.6. The Bertz CT molecular complexity index is 234. The van der Waals surface area contributed by atoms with Crippen LogP contribution in [0.4, 0.5) is 0 Å². The van der Waals surface area contributed by atoms with E-state index < -0.39 is 0 Å². The molecule has 2 fully saturated rings. The Balaban J connectivity index is 1.88. The molecule has 0 saturated carbocycles. The van der Waals surface area contributed by atoms with Gasteiger partial charge in [-0.15, -0.1) is 0 Å². The number of hydrogen-bond donors (Lipinski definition) is 1. The van der Waals surface area contributed by atoms with E-state index in [1.165, 1.54) is 32.5 Å². The first kappa shape index (κ1) is 12.3. The zero-order valence-corrected chi connectivity index (χ0v) is 11.0. The largest absolute Gasteiger partial charge is 0.373 e. The molecule has 3 heteroatoms. The normalized spacial score (nSPS) is 36.2. The number of piperidine rings is 1. The zero-order valence-electron chi connectivity index (χ0n) is 11.0. The third-order valence-corrected chi connectivity index (χ3v) is 3.80. The lowest BCUT2D eigenvalue weighted by molar-refractivity contribution is -0.0945. The molecule has 16 heavy (non-hydrogen) atoms. The van der Waals surface area contributed by atoms with Crippen molar-refractivity contribution in [2.24, 2.45) is 5.41 Å². The van der Waals surface area contributed by atoms with Gasteiger partial charge in [0, 0.05) is 26.2 Å². The summed E-state index contributed by atoms with van der Waals surface area (Å²) in [5.41, 5.74) is 0.502. The molecule has 0 bridgehead atoms. The van der Waals surface area contributed by atoms with Crippen molar-refractivity contribution in [1.82, 2.24) is 10.2 Å². The molecule has 2 saturated heterocycles. The quantitative estimate of drug-likeness (QED) is 0.772. The average Bonchev–Trinajstić information content (AvgIpc) is 2.16. The van der Waals surface area contributed by atoms with Crippen molar-refractivity contribution in [2.45, 2.75) is 39.2 Å². The van der Waals surface area contributed by atoms with Gasteiger partial charge >= 0.3 is 0 Å². The van der Waals surface area contributed by atoms with Gasteiger partial charge in [0.25, 0.3) is 0 Å². The predicted octanol–water partition coefficient (Wildman–Crippen LogP) is 1.49. The van der Waals surface area contributed by atoms with Gasteiger partial charge in [0.05, 0.1) is 12.2 Å². The van der Waals surface area contributed by atoms with E-state index in [0.29, 0.717) is 5.41 Å². The summed E-state index contributed by atoms with van der Waals surface area (Å²) in [6, 6.07) is 0. The molecule has 1 N–H and O–H groups in total. The molecule has 94 valence electrons.